The van der Waals surface area contributed by atoms with Crippen LogP contribution >= 0.6 is 0 Å². The van der Waals surface area contributed by atoms with Crippen LogP contribution in [0.1, 0.15) is 88.9 Å². The molecule has 0 aromatic heterocycles. The quantitative estimate of drug-likeness (QED) is 0.455. The van der Waals surface area contributed by atoms with Crippen molar-refractivity contribution in [3.63, 3.8) is 0 Å². The smallest absolute Gasteiger partial charge is 0.234 e. The van der Waals surface area contributed by atoms with Crippen molar-refractivity contribution in [3.05, 3.63) is 59.7 Å². The Hall–Kier alpha value is -2.22. The monoisotopic (exact) mass is 356 g/mol. The lowest BCUT2D eigenvalue weighted by Crippen LogP contribution is -2.20. The predicted octanol–water partition coefficient (Wildman–Crippen LogP) is 7.62. The molecule has 0 heterocycles. The lowest BCUT2D eigenvalue weighted by molar-refractivity contribution is 0.0815. The van der Waals surface area contributed by atoms with Gasteiger partial charge in [-0.1, -0.05) is 117 Å². The molecule has 144 valence electrons. The Bertz CT molecular complexity index is 585. The minimum absolute atomic E-state index is 0.408. The second kappa shape index (κ2) is 16.3. The summed E-state index contributed by atoms with van der Waals surface area (Å²) >= 11 is 0. The van der Waals surface area contributed by atoms with Crippen molar-refractivity contribution in [1.29, 1.82) is 0 Å². The number of hydrogen-bond donors (Lipinski definition) is 0. The summed E-state index contributed by atoms with van der Waals surface area (Å²) < 4.78 is 0. The van der Waals surface area contributed by atoms with Gasteiger partial charge < -0.3 is 0 Å². The van der Waals surface area contributed by atoms with Crippen molar-refractivity contribution in [3.8, 4) is 11.1 Å². The van der Waals surface area contributed by atoms with Gasteiger partial charge in [-0.25, -0.2) is 0 Å². The number of benzene rings is 2. The van der Waals surface area contributed by atoms with Crippen molar-refractivity contribution < 1.29 is 9.59 Å². The molecule has 1 aliphatic rings. The van der Waals surface area contributed by atoms with Gasteiger partial charge in [0.1, 0.15) is 0 Å². The summed E-state index contributed by atoms with van der Waals surface area (Å²) in [6.45, 7) is 16.5. The third kappa shape index (κ3) is 7.35. The van der Waals surface area contributed by atoms with Gasteiger partial charge in [0.05, 0.1) is 0 Å². The molecule has 3 rings (SSSR count). The summed E-state index contributed by atoms with van der Waals surface area (Å²) in [5.74, 6) is -0.816. The maximum absolute atomic E-state index is 11.8. The van der Waals surface area contributed by atoms with Crippen LogP contribution < -0.4 is 0 Å². The molecule has 2 heteroatoms. The van der Waals surface area contributed by atoms with Gasteiger partial charge in [-0.3, -0.25) is 9.59 Å². The molecule has 0 amide bonds. The van der Waals surface area contributed by atoms with E-state index >= 15 is 0 Å². The van der Waals surface area contributed by atoms with Gasteiger partial charge >= 0.3 is 0 Å². The zero-order valence-electron chi connectivity index (χ0n) is 17.8. The highest BCUT2D eigenvalue weighted by Gasteiger charge is 2.29. The summed E-state index contributed by atoms with van der Waals surface area (Å²) in [6.07, 6.45) is 2.50. The second-order valence-electron chi connectivity index (χ2n) is 5.16. The summed E-state index contributed by atoms with van der Waals surface area (Å²) in [6, 6.07) is 14.4. The average Bonchev–Trinajstić information content (AvgIpc) is 2.70. The lowest BCUT2D eigenvalue weighted by Gasteiger charge is -2.16. The van der Waals surface area contributed by atoms with Crippen LogP contribution in [0, 0.1) is 0 Å². The van der Waals surface area contributed by atoms with Crippen LogP contribution in [0.4, 0.5) is 0 Å². The SMILES string of the molecule is CC.CC.CCC.CCC.O=C1C(=O)c2ccccc2-c2ccccc21. The van der Waals surface area contributed by atoms with E-state index in [9.17, 15) is 9.59 Å². The lowest BCUT2D eigenvalue weighted by atomic mass is 9.84. The van der Waals surface area contributed by atoms with Crippen molar-refractivity contribution >= 4 is 11.6 Å². The van der Waals surface area contributed by atoms with Gasteiger partial charge in [0.25, 0.3) is 0 Å². The van der Waals surface area contributed by atoms with E-state index in [-0.39, 0.29) is 0 Å². The molecule has 1 aliphatic carbocycles. The molecule has 0 saturated heterocycles. The van der Waals surface area contributed by atoms with Crippen LogP contribution in [-0.4, -0.2) is 11.6 Å². The first-order valence-corrected chi connectivity index (χ1v) is 9.89. The maximum Gasteiger partial charge on any atom is 0.234 e. The van der Waals surface area contributed by atoms with Gasteiger partial charge in [0.15, 0.2) is 0 Å². The van der Waals surface area contributed by atoms with Crippen LogP contribution in [0.2, 0.25) is 0 Å². The number of fused-ring (bicyclic) bond motifs is 3. The fraction of sp³-hybridized carbons (Fsp3) is 0.417. The molecule has 0 bridgehead atoms. The van der Waals surface area contributed by atoms with Gasteiger partial charge in [-0.15, -0.1) is 0 Å². The van der Waals surface area contributed by atoms with Gasteiger partial charge in [-0.2, -0.15) is 0 Å². The molecule has 2 nitrogen and oxygen atoms in total. The topological polar surface area (TPSA) is 34.1 Å². The molecule has 0 aliphatic heterocycles. The zero-order valence-corrected chi connectivity index (χ0v) is 17.8. The van der Waals surface area contributed by atoms with Crippen LogP contribution in [0.25, 0.3) is 11.1 Å². The third-order valence-electron chi connectivity index (χ3n) is 2.84. The van der Waals surface area contributed by atoms with Gasteiger partial charge in [0.2, 0.25) is 11.6 Å². The molecule has 0 atom stereocenters. The Morgan fingerprint density at radius 1 is 0.500 bits per heavy atom. The van der Waals surface area contributed by atoms with Crippen LogP contribution in [0.3, 0.4) is 0 Å². The van der Waals surface area contributed by atoms with Crippen LogP contribution in [0.5, 0.6) is 0 Å². The van der Waals surface area contributed by atoms with Gasteiger partial charge in [0, 0.05) is 11.1 Å². The van der Waals surface area contributed by atoms with E-state index in [1.807, 2.05) is 52.0 Å². The van der Waals surface area contributed by atoms with E-state index in [1.165, 1.54) is 12.8 Å². The Morgan fingerprint density at radius 2 is 0.692 bits per heavy atom. The highest BCUT2D eigenvalue weighted by molar-refractivity contribution is 6.52. The first-order valence-electron chi connectivity index (χ1n) is 9.89. The molecule has 26 heavy (non-hydrogen) atoms. The standard InChI is InChI=1S/C14H8O2.2C3H8.2C2H6/c15-13-11-7-3-1-5-9(11)10-6-2-4-8-12(10)14(13)16;2*1-3-2;2*1-2/h1-8H;2*3H2,1-2H3;2*1-2H3. The molecule has 2 aromatic carbocycles. The van der Waals surface area contributed by atoms with Crippen molar-refractivity contribution in [2.75, 3.05) is 0 Å². The van der Waals surface area contributed by atoms with E-state index in [4.69, 9.17) is 0 Å². The molecule has 0 radical (unpaired) electrons. The Morgan fingerprint density at radius 3 is 0.923 bits per heavy atom. The Kier molecular flexibility index (Phi) is 16.3. The van der Waals surface area contributed by atoms with E-state index < -0.39 is 11.6 Å². The number of Topliss-reactive ketones (excluding diaryl/α,β-unsaturated/α-hetero) is 2. The van der Waals surface area contributed by atoms with Crippen molar-refractivity contribution in [1.82, 2.24) is 0 Å². The summed E-state index contributed by atoms with van der Waals surface area (Å²) in [5.41, 5.74) is 2.71. The fourth-order valence-corrected chi connectivity index (χ4v) is 2.08. The molecule has 0 saturated carbocycles. The molecular formula is C24H36O2. The van der Waals surface area contributed by atoms with Crippen LogP contribution in [-0.2, 0) is 0 Å². The van der Waals surface area contributed by atoms with Crippen molar-refractivity contribution in [2.24, 2.45) is 0 Å². The first-order chi connectivity index (χ1) is 12.6. The number of carbonyl (C=O) groups is 2. The highest BCUT2D eigenvalue weighted by atomic mass is 16.2. The second-order valence-corrected chi connectivity index (χ2v) is 5.16. The molecule has 0 N–H and O–H groups in total. The Balaban J connectivity index is 0. The molecule has 0 fully saturated rings. The number of carbonyl (C=O) groups excluding carboxylic acids is 2. The number of hydrogen-bond acceptors (Lipinski definition) is 2. The van der Waals surface area contributed by atoms with E-state index in [2.05, 4.69) is 27.7 Å². The Labute approximate surface area is 160 Å². The van der Waals surface area contributed by atoms with E-state index in [1.54, 1.807) is 24.3 Å². The molecule has 0 unspecified atom stereocenters. The minimum Gasteiger partial charge on any atom is -0.285 e. The molecule has 2 aromatic rings. The zero-order chi connectivity index (χ0) is 20.5. The molecule has 0 spiro atoms. The van der Waals surface area contributed by atoms with Crippen molar-refractivity contribution in [2.45, 2.75) is 68.2 Å². The van der Waals surface area contributed by atoms with E-state index in [0.717, 1.165) is 11.1 Å². The first kappa shape index (κ1) is 26.0. The average molecular weight is 357 g/mol. The number of rotatable bonds is 0. The normalized spacial score (nSPS) is 10.0. The highest BCUT2D eigenvalue weighted by Crippen LogP contribution is 2.32. The minimum atomic E-state index is -0.408. The number of ketones is 2. The largest absolute Gasteiger partial charge is 0.285 e. The fourth-order valence-electron chi connectivity index (χ4n) is 2.08. The third-order valence-corrected chi connectivity index (χ3v) is 2.84. The summed E-state index contributed by atoms with van der Waals surface area (Å²) in [4.78, 5) is 23.7. The van der Waals surface area contributed by atoms with Gasteiger partial charge in [-0.05, 0) is 11.1 Å². The summed E-state index contributed by atoms with van der Waals surface area (Å²) in [7, 11) is 0. The predicted molar refractivity (Wildman–Crippen MR) is 115 cm³/mol. The van der Waals surface area contributed by atoms with E-state index in [0.29, 0.717) is 11.1 Å². The molecular weight excluding hydrogens is 320 g/mol. The van der Waals surface area contributed by atoms with Crippen LogP contribution in [0.15, 0.2) is 48.5 Å². The maximum atomic E-state index is 11.8. The summed E-state index contributed by atoms with van der Waals surface area (Å²) in [5, 5.41) is 0.